The van der Waals surface area contributed by atoms with E-state index in [0.717, 1.165) is 41.0 Å². The van der Waals surface area contributed by atoms with E-state index in [-0.39, 0.29) is 29.7 Å². The van der Waals surface area contributed by atoms with Gasteiger partial charge in [-0.3, -0.25) is 19.2 Å². The maximum Gasteiger partial charge on any atom is 0.280 e. The number of aromatic nitrogens is 2. The molecular formula is C26H31ClN6O4S. The molecule has 5 rings (SSSR count). The fourth-order valence-corrected chi connectivity index (χ4v) is 6.47. The van der Waals surface area contributed by atoms with E-state index >= 15 is 0 Å². The molecule has 3 atom stereocenters. The molecule has 202 valence electrons. The van der Waals surface area contributed by atoms with Gasteiger partial charge in [-0.25, -0.2) is 10.0 Å². The SMILES string of the molecule is CON(C)C(=O)[C@H]1CCC(NC(=O)c2cc3cc(Cl)ccc3[nH]2)[C@H](NC(=O)c2nc3c(s2)CN(C)CC3)C1. The highest BCUT2D eigenvalue weighted by molar-refractivity contribution is 7.13. The maximum absolute atomic E-state index is 13.3. The topological polar surface area (TPSA) is 120 Å². The Bertz CT molecular complexity index is 1370. The molecule has 12 heteroatoms. The van der Waals surface area contributed by atoms with Gasteiger partial charge in [0.2, 0.25) is 5.91 Å². The average Bonchev–Trinajstić information content (AvgIpc) is 3.52. The third-order valence-corrected chi connectivity index (χ3v) is 8.68. The van der Waals surface area contributed by atoms with Crippen molar-refractivity contribution in [1.82, 2.24) is 30.6 Å². The second kappa shape index (κ2) is 11.0. The summed E-state index contributed by atoms with van der Waals surface area (Å²) < 4.78 is 0. The van der Waals surface area contributed by atoms with Crippen LogP contribution in [0.4, 0.5) is 0 Å². The van der Waals surface area contributed by atoms with E-state index in [1.54, 1.807) is 25.2 Å². The second-order valence-electron chi connectivity index (χ2n) is 9.98. The fourth-order valence-electron chi connectivity index (χ4n) is 5.20. The fraction of sp³-hybridized carbons (Fsp3) is 0.462. The van der Waals surface area contributed by atoms with E-state index in [0.29, 0.717) is 35.0 Å². The van der Waals surface area contributed by atoms with E-state index in [9.17, 15) is 14.4 Å². The van der Waals surface area contributed by atoms with E-state index in [1.165, 1.54) is 23.5 Å². The van der Waals surface area contributed by atoms with Crippen molar-refractivity contribution in [2.45, 2.75) is 44.3 Å². The van der Waals surface area contributed by atoms with Crippen LogP contribution in [0.3, 0.4) is 0 Å². The number of likely N-dealkylation sites (N-methyl/N-ethyl adjacent to an activating group) is 1. The van der Waals surface area contributed by atoms with Gasteiger partial charge in [0.15, 0.2) is 5.01 Å². The Kier molecular flexibility index (Phi) is 7.71. The molecular weight excluding hydrogens is 528 g/mol. The van der Waals surface area contributed by atoms with Crippen molar-refractivity contribution in [3.05, 3.63) is 50.6 Å². The summed E-state index contributed by atoms with van der Waals surface area (Å²) >= 11 is 7.50. The summed E-state index contributed by atoms with van der Waals surface area (Å²) in [6, 6.07) is 6.32. The highest BCUT2D eigenvalue weighted by Crippen LogP contribution is 2.29. The molecule has 1 fully saturated rings. The molecule has 3 heterocycles. The molecule has 1 saturated carbocycles. The number of fused-ring (bicyclic) bond motifs is 2. The molecule has 1 unspecified atom stereocenters. The van der Waals surface area contributed by atoms with Crippen molar-refractivity contribution in [1.29, 1.82) is 0 Å². The first-order valence-corrected chi connectivity index (χ1v) is 13.8. The van der Waals surface area contributed by atoms with E-state index in [2.05, 4.69) is 25.5 Å². The number of nitrogens with one attached hydrogen (secondary N) is 3. The van der Waals surface area contributed by atoms with Gasteiger partial charge in [-0.2, -0.15) is 0 Å². The lowest BCUT2D eigenvalue weighted by atomic mass is 9.81. The highest BCUT2D eigenvalue weighted by Gasteiger charge is 2.37. The van der Waals surface area contributed by atoms with Crippen LogP contribution in [-0.2, 0) is 22.6 Å². The van der Waals surface area contributed by atoms with Crippen LogP contribution >= 0.6 is 22.9 Å². The third kappa shape index (κ3) is 5.56. The Labute approximate surface area is 229 Å². The lowest BCUT2D eigenvalue weighted by Gasteiger charge is -2.37. The molecule has 3 amide bonds. The van der Waals surface area contributed by atoms with E-state index < -0.39 is 6.04 Å². The number of aromatic amines is 1. The predicted molar refractivity (Wildman–Crippen MR) is 145 cm³/mol. The number of carbonyl (C=O) groups excluding carboxylic acids is 3. The summed E-state index contributed by atoms with van der Waals surface area (Å²) in [5.74, 6) is -1.07. The molecule has 1 aliphatic carbocycles. The monoisotopic (exact) mass is 558 g/mol. The zero-order valence-corrected chi connectivity index (χ0v) is 23.1. The largest absolute Gasteiger partial charge is 0.351 e. The number of halogens is 1. The van der Waals surface area contributed by atoms with Crippen molar-refractivity contribution in [3.8, 4) is 0 Å². The number of rotatable bonds is 6. The van der Waals surface area contributed by atoms with Gasteiger partial charge < -0.3 is 20.5 Å². The predicted octanol–water partition coefficient (Wildman–Crippen LogP) is 2.98. The van der Waals surface area contributed by atoms with Crippen molar-refractivity contribution >= 4 is 51.6 Å². The molecule has 0 saturated heterocycles. The van der Waals surface area contributed by atoms with Gasteiger partial charge >= 0.3 is 0 Å². The highest BCUT2D eigenvalue weighted by atomic mass is 35.5. The third-order valence-electron chi connectivity index (χ3n) is 7.36. The van der Waals surface area contributed by atoms with Crippen LogP contribution in [0, 0.1) is 5.92 Å². The van der Waals surface area contributed by atoms with Gasteiger partial charge in [0.05, 0.1) is 18.8 Å². The summed E-state index contributed by atoms with van der Waals surface area (Å²) in [5.41, 5.74) is 2.18. The van der Waals surface area contributed by atoms with Crippen LogP contribution < -0.4 is 10.6 Å². The first-order valence-electron chi connectivity index (χ1n) is 12.6. The van der Waals surface area contributed by atoms with Crippen molar-refractivity contribution < 1.29 is 19.2 Å². The normalized spacial score (nSPS) is 21.6. The minimum absolute atomic E-state index is 0.156. The number of hydroxylamine groups is 2. The molecule has 3 aromatic rings. The number of thiazole rings is 1. The zero-order valence-electron chi connectivity index (χ0n) is 21.5. The van der Waals surface area contributed by atoms with Crippen LogP contribution in [-0.4, -0.2) is 77.5 Å². The Morgan fingerprint density at radius 1 is 1.18 bits per heavy atom. The lowest BCUT2D eigenvalue weighted by molar-refractivity contribution is -0.174. The lowest BCUT2D eigenvalue weighted by Crippen LogP contribution is -2.56. The smallest absolute Gasteiger partial charge is 0.280 e. The van der Waals surface area contributed by atoms with E-state index in [1.807, 2.05) is 13.1 Å². The van der Waals surface area contributed by atoms with Crippen molar-refractivity contribution in [2.24, 2.45) is 5.92 Å². The Morgan fingerprint density at radius 2 is 1.97 bits per heavy atom. The molecule has 3 N–H and O–H groups in total. The molecule has 10 nitrogen and oxygen atoms in total. The molecule has 0 spiro atoms. The summed E-state index contributed by atoms with van der Waals surface area (Å²) in [7, 11) is 5.06. The molecule has 1 aromatic carbocycles. The van der Waals surface area contributed by atoms with Crippen LogP contribution in [0.5, 0.6) is 0 Å². The molecule has 38 heavy (non-hydrogen) atoms. The van der Waals surface area contributed by atoms with Crippen LogP contribution in [0.25, 0.3) is 10.9 Å². The number of carbonyl (C=O) groups is 3. The van der Waals surface area contributed by atoms with Crippen LogP contribution in [0.15, 0.2) is 24.3 Å². The molecule has 0 bridgehead atoms. The van der Waals surface area contributed by atoms with E-state index in [4.69, 9.17) is 16.4 Å². The van der Waals surface area contributed by atoms with Gasteiger partial charge in [0, 0.05) is 59.3 Å². The molecule has 2 aliphatic rings. The quantitative estimate of drug-likeness (QED) is 0.400. The van der Waals surface area contributed by atoms with Crippen LogP contribution in [0.1, 0.15) is 50.1 Å². The van der Waals surface area contributed by atoms with Crippen LogP contribution in [0.2, 0.25) is 5.02 Å². The average molecular weight is 559 g/mol. The Morgan fingerprint density at radius 3 is 2.76 bits per heavy atom. The minimum atomic E-state index is -0.457. The minimum Gasteiger partial charge on any atom is -0.351 e. The number of hydrogen-bond acceptors (Lipinski definition) is 7. The van der Waals surface area contributed by atoms with Gasteiger partial charge in [-0.15, -0.1) is 11.3 Å². The second-order valence-corrected chi connectivity index (χ2v) is 11.5. The summed E-state index contributed by atoms with van der Waals surface area (Å²) in [5, 5.41) is 9.20. The van der Waals surface area contributed by atoms with Gasteiger partial charge in [-0.1, -0.05) is 11.6 Å². The number of H-pyrrole nitrogens is 1. The standard InChI is InChI=1S/C26H31ClN6O4S/c1-32-9-8-19-22(13-32)38-25(31-19)24(35)30-20-11-14(26(36)33(2)37-3)4-6-18(20)29-23(34)21-12-15-10-16(27)5-7-17(15)28-21/h5,7,10,12,14,18,20,28H,4,6,8-9,11,13H2,1-3H3,(H,29,34)(H,30,35)/t14-,18?,20+/m0/s1. The number of nitrogens with zero attached hydrogens (tertiary/aromatic N) is 3. The number of hydrogen-bond donors (Lipinski definition) is 3. The zero-order chi connectivity index (χ0) is 27.0. The molecule has 0 radical (unpaired) electrons. The maximum atomic E-state index is 13.3. The van der Waals surface area contributed by atoms with Crippen molar-refractivity contribution in [2.75, 3.05) is 27.7 Å². The Hall–Kier alpha value is -2.99. The number of benzene rings is 1. The van der Waals surface area contributed by atoms with Gasteiger partial charge in [0.1, 0.15) is 5.69 Å². The first kappa shape index (κ1) is 26.6. The van der Waals surface area contributed by atoms with Gasteiger partial charge in [-0.05, 0) is 50.6 Å². The van der Waals surface area contributed by atoms with Crippen molar-refractivity contribution in [3.63, 3.8) is 0 Å². The molecule has 2 aromatic heterocycles. The summed E-state index contributed by atoms with van der Waals surface area (Å²) in [4.78, 5) is 55.5. The number of amides is 3. The first-order chi connectivity index (χ1) is 18.2. The summed E-state index contributed by atoms with van der Waals surface area (Å²) in [6.07, 6.45) is 2.27. The summed E-state index contributed by atoms with van der Waals surface area (Å²) in [6.45, 7) is 1.68. The van der Waals surface area contributed by atoms with Gasteiger partial charge in [0.25, 0.3) is 11.8 Å². The Balaban J connectivity index is 1.34. The molecule has 1 aliphatic heterocycles.